The van der Waals surface area contributed by atoms with Gasteiger partial charge in [0.2, 0.25) is 0 Å². The summed E-state index contributed by atoms with van der Waals surface area (Å²) in [4.78, 5) is 2.74. The minimum Gasteiger partial charge on any atom is -0.312 e. The average Bonchev–Trinajstić information content (AvgIpc) is 2.78. The summed E-state index contributed by atoms with van der Waals surface area (Å²) in [7, 11) is 0. The van der Waals surface area contributed by atoms with E-state index < -0.39 is 0 Å². The molecule has 3 atom stereocenters. The highest BCUT2D eigenvalue weighted by atomic mass is 15.2. The summed E-state index contributed by atoms with van der Waals surface area (Å²) in [5.41, 5.74) is 0. The molecule has 1 N–H and O–H groups in total. The molecular weight excluding hydrogens is 148 g/mol. The van der Waals surface area contributed by atoms with Crippen molar-refractivity contribution >= 4 is 0 Å². The highest BCUT2D eigenvalue weighted by Gasteiger charge is 2.44. The van der Waals surface area contributed by atoms with Crippen LogP contribution in [0.25, 0.3) is 0 Å². The van der Waals surface area contributed by atoms with Gasteiger partial charge in [0.1, 0.15) is 0 Å². The third-order valence-corrected chi connectivity index (χ3v) is 3.95. The molecule has 3 fully saturated rings. The zero-order valence-corrected chi connectivity index (χ0v) is 7.63. The van der Waals surface area contributed by atoms with Gasteiger partial charge in [-0.25, -0.2) is 0 Å². The van der Waals surface area contributed by atoms with E-state index >= 15 is 0 Å². The highest BCUT2D eigenvalue weighted by Crippen LogP contribution is 2.36. The van der Waals surface area contributed by atoms with Gasteiger partial charge in [-0.15, -0.1) is 0 Å². The van der Waals surface area contributed by atoms with Crippen LogP contribution in [-0.4, -0.2) is 36.6 Å². The highest BCUT2D eigenvalue weighted by molar-refractivity contribution is 5.03. The number of rotatable bonds is 1. The molecule has 2 aliphatic heterocycles. The molecule has 2 saturated heterocycles. The summed E-state index contributed by atoms with van der Waals surface area (Å²) in [5, 5.41) is 3.64. The van der Waals surface area contributed by atoms with Gasteiger partial charge in [-0.2, -0.15) is 0 Å². The Morgan fingerprint density at radius 3 is 2.42 bits per heavy atom. The van der Waals surface area contributed by atoms with Crippen molar-refractivity contribution in [2.45, 2.75) is 37.8 Å². The van der Waals surface area contributed by atoms with E-state index in [9.17, 15) is 0 Å². The van der Waals surface area contributed by atoms with Gasteiger partial charge in [0.05, 0.1) is 0 Å². The largest absolute Gasteiger partial charge is 0.312 e. The lowest BCUT2D eigenvalue weighted by Crippen LogP contribution is -2.40. The van der Waals surface area contributed by atoms with E-state index in [1.807, 2.05) is 0 Å². The van der Waals surface area contributed by atoms with Gasteiger partial charge < -0.3 is 5.32 Å². The standard InChI is InChI=1S/C10H18N2/c1-2-6-12(5-1)10-8-3-4-9(10)11-7-8/h8-11H,1-7H2/t8-,9+,10+/m0/s1. The summed E-state index contributed by atoms with van der Waals surface area (Å²) in [6, 6.07) is 1.78. The smallest absolute Gasteiger partial charge is 0.0289 e. The minimum absolute atomic E-state index is 0.855. The van der Waals surface area contributed by atoms with E-state index in [-0.39, 0.29) is 0 Å². The molecule has 2 heteroatoms. The van der Waals surface area contributed by atoms with Crippen LogP contribution < -0.4 is 5.32 Å². The normalized spacial score (nSPS) is 47.5. The Morgan fingerprint density at radius 1 is 1.08 bits per heavy atom. The topological polar surface area (TPSA) is 15.3 Å². The molecule has 0 aromatic rings. The van der Waals surface area contributed by atoms with Crippen molar-refractivity contribution in [1.29, 1.82) is 0 Å². The second kappa shape index (κ2) is 2.71. The maximum absolute atomic E-state index is 3.64. The predicted octanol–water partition coefficient (Wildman–Crippen LogP) is 0.833. The molecule has 0 aromatic carbocycles. The van der Waals surface area contributed by atoms with Crippen LogP contribution in [0.3, 0.4) is 0 Å². The maximum atomic E-state index is 3.64. The van der Waals surface area contributed by atoms with Gasteiger partial charge in [0.15, 0.2) is 0 Å². The number of fused-ring (bicyclic) bond motifs is 2. The van der Waals surface area contributed by atoms with E-state index in [2.05, 4.69) is 10.2 Å². The molecule has 0 amide bonds. The molecule has 3 aliphatic rings. The van der Waals surface area contributed by atoms with Crippen LogP contribution in [0, 0.1) is 5.92 Å². The monoisotopic (exact) mass is 166 g/mol. The van der Waals surface area contributed by atoms with Crippen molar-refractivity contribution in [2.75, 3.05) is 19.6 Å². The third kappa shape index (κ3) is 0.944. The van der Waals surface area contributed by atoms with Crippen LogP contribution in [0.4, 0.5) is 0 Å². The predicted molar refractivity (Wildman–Crippen MR) is 49.1 cm³/mol. The SMILES string of the molecule is C1CCN([C@@H]2[C@H]3CC[C@H]2NC3)C1. The molecule has 12 heavy (non-hydrogen) atoms. The molecule has 2 heterocycles. The minimum atomic E-state index is 0.855. The zero-order valence-electron chi connectivity index (χ0n) is 7.63. The van der Waals surface area contributed by atoms with Gasteiger partial charge in [-0.3, -0.25) is 4.90 Å². The van der Waals surface area contributed by atoms with Gasteiger partial charge in [0.25, 0.3) is 0 Å². The molecule has 2 bridgehead atoms. The Bertz CT molecular complexity index is 155. The summed E-state index contributed by atoms with van der Waals surface area (Å²) in [6.45, 7) is 4.05. The Morgan fingerprint density at radius 2 is 1.92 bits per heavy atom. The molecule has 2 nitrogen and oxygen atoms in total. The first kappa shape index (κ1) is 7.34. The Hall–Kier alpha value is -0.0800. The van der Waals surface area contributed by atoms with Gasteiger partial charge in [0, 0.05) is 12.1 Å². The van der Waals surface area contributed by atoms with Crippen LogP contribution in [0.2, 0.25) is 0 Å². The lowest BCUT2D eigenvalue weighted by Gasteiger charge is -2.26. The fraction of sp³-hybridized carbons (Fsp3) is 1.00. The van der Waals surface area contributed by atoms with Crippen molar-refractivity contribution in [2.24, 2.45) is 5.92 Å². The molecule has 0 aromatic heterocycles. The number of piperidine rings is 1. The van der Waals surface area contributed by atoms with Crippen LogP contribution in [0.15, 0.2) is 0 Å². The molecule has 0 unspecified atom stereocenters. The third-order valence-electron chi connectivity index (χ3n) is 3.95. The lowest BCUT2D eigenvalue weighted by molar-refractivity contribution is 0.215. The molecule has 0 spiro atoms. The van der Waals surface area contributed by atoms with E-state index in [1.54, 1.807) is 0 Å². The number of nitrogens with one attached hydrogen (secondary N) is 1. The lowest BCUT2D eigenvalue weighted by atomic mass is 10.1. The number of hydrogen-bond acceptors (Lipinski definition) is 2. The first-order valence-electron chi connectivity index (χ1n) is 5.42. The van der Waals surface area contributed by atoms with Crippen molar-refractivity contribution in [1.82, 2.24) is 10.2 Å². The second-order valence-corrected chi connectivity index (χ2v) is 4.59. The van der Waals surface area contributed by atoms with Crippen molar-refractivity contribution in [3.63, 3.8) is 0 Å². The number of nitrogens with zero attached hydrogens (tertiary/aromatic N) is 1. The van der Waals surface area contributed by atoms with Gasteiger partial charge >= 0.3 is 0 Å². The summed E-state index contributed by atoms with van der Waals surface area (Å²) >= 11 is 0. The second-order valence-electron chi connectivity index (χ2n) is 4.59. The Kier molecular flexibility index (Phi) is 1.66. The fourth-order valence-corrected chi connectivity index (χ4v) is 3.40. The first-order valence-corrected chi connectivity index (χ1v) is 5.42. The van der Waals surface area contributed by atoms with Crippen LogP contribution >= 0.6 is 0 Å². The summed E-state index contributed by atoms with van der Waals surface area (Å²) in [6.07, 6.45) is 5.80. The summed E-state index contributed by atoms with van der Waals surface area (Å²) in [5.74, 6) is 0.994. The van der Waals surface area contributed by atoms with Crippen LogP contribution in [0.5, 0.6) is 0 Å². The van der Waals surface area contributed by atoms with Crippen molar-refractivity contribution in [3.8, 4) is 0 Å². The molecule has 68 valence electrons. The van der Waals surface area contributed by atoms with Gasteiger partial charge in [-0.1, -0.05) is 0 Å². The van der Waals surface area contributed by atoms with Gasteiger partial charge in [-0.05, 0) is 51.2 Å². The molecule has 0 radical (unpaired) electrons. The molecule has 1 saturated carbocycles. The Labute approximate surface area is 74.3 Å². The maximum Gasteiger partial charge on any atom is 0.0289 e. The number of likely N-dealkylation sites (tertiary alicyclic amines) is 1. The van der Waals surface area contributed by atoms with Crippen molar-refractivity contribution < 1.29 is 0 Å². The molecular formula is C10H18N2. The van der Waals surface area contributed by atoms with E-state index in [0.717, 1.165) is 18.0 Å². The molecule has 3 rings (SSSR count). The Balaban J connectivity index is 1.75. The van der Waals surface area contributed by atoms with Crippen LogP contribution in [0.1, 0.15) is 25.7 Å². The van der Waals surface area contributed by atoms with E-state index in [0.29, 0.717) is 0 Å². The zero-order chi connectivity index (χ0) is 7.97. The van der Waals surface area contributed by atoms with E-state index in [4.69, 9.17) is 0 Å². The fourth-order valence-electron chi connectivity index (χ4n) is 3.40. The van der Waals surface area contributed by atoms with E-state index in [1.165, 1.54) is 45.3 Å². The quantitative estimate of drug-likeness (QED) is 0.621. The average molecular weight is 166 g/mol. The van der Waals surface area contributed by atoms with Crippen molar-refractivity contribution in [3.05, 3.63) is 0 Å². The first-order chi connectivity index (χ1) is 5.95. The summed E-state index contributed by atoms with van der Waals surface area (Å²) < 4.78 is 0. The van der Waals surface area contributed by atoms with Crippen LogP contribution in [-0.2, 0) is 0 Å². The number of hydrogen-bond donors (Lipinski definition) is 1. The molecule has 1 aliphatic carbocycles.